The third-order valence-electron chi connectivity index (χ3n) is 5.41. The first-order valence-corrected chi connectivity index (χ1v) is 10.9. The summed E-state index contributed by atoms with van der Waals surface area (Å²) in [4.78, 5) is 34.3. The summed E-state index contributed by atoms with van der Waals surface area (Å²) in [6.07, 6.45) is 6.30. The van der Waals surface area contributed by atoms with E-state index in [2.05, 4.69) is 15.0 Å². The van der Waals surface area contributed by atoms with E-state index in [0.717, 1.165) is 16.7 Å². The second-order valence-corrected chi connectivity index (χ2v) is 7.94. The summed E-state index contributed by atoms with van der Waals surface area (Å²) < 4.78 is 11.5. The number of benzene rings is 1. The van der Waals surface area contributed by atoms with Crippen molar-refractivity contribution < 1.29 is 14.3 Å². The molecule has 0 N–H and O–H groups in total. The Balaban J connectivity index is 1.58. The van der Waals surface area contributed by atoms with Gasteiger partial charge in [0.2, 0.25) is 5.95 Å². The standard InChI is InChI=1S/C24H28N6O3/c1-4-32-15-17-5-7-18(8-6-17)23(31)30-9-10-33-21(14-30)22-20(19-11-25-16-26-12-19)13-27-24(28-22)29(2)3/h5-8,11-13,16,21H,4,9-10,14-15H2,1-3H3. The number of carbonyl (C=O) groups excluding carboxylic acids is 1. The van der Waals surface area contributed by atoms with Crippen molar-refractivity contribution in [3.63, 3.8) is 0 Å². The van der Waals surface area contributed by atoms with Gasteiger partial charge in [-0.3, -0.25) is 4.79 Å². The first-order valence-electron chi connectivity index (χ1n) is 10.9. The Hall–Kier alpha value is -3.43. The Morgan fingerprint density at radius 1 is 1.18 bits per heavy atom. The van der Waals surface area contributed by atoms with Gasteiger partial charge < -0.3 is 19.3 Å². The maximum Gasteiger partial charge on any atom is 0.254 e. The van der Waals surface area contributed by atoms with Crippen LogP contribution in [0.4, 0.5) is 5.95 Å². The maximum absolute atomic E-state index is 13.2. The van der Waals surface area contributed by atoms with E-state index in [0.29, 0.717) is 50.1 Å². The number of hydrogen-bond acceptors (Lipinski definition) is 8. The minimum Gasteiger partial charge on any atom is -0.377 e. The van der Waals surface area contributed by atoms with E-state index in [1.54, 1.807) is 18.6 Å². The van der Waals surface area contributed by atoms with Crippen LogP contribution >= 0.6 is 0 Å². The number of amides is 1. The largest absolute Gasteiger partial charge is 0.377 e. The van der Waals surface area contributed by atoms with E-state index >= 15 is 0 Å². The lowest BCUT2D eigenvalue weighted by Gasteiger charge is -2.33. The molecule has 0 saturated carbocycles. The molecule has 1 saturated heterocycles. The molecule has 172 valence electrons. The average Bonchev–Trinajstić information content (AvgIpc) is 2.87. The number of aromatic nitrogens is 4. The molecular weight excluding hydrogens is 420 g/mol. The van der Waals surface area contributed by atoms with Crippen molar-refractivity contribution in [3.8, 4) is 11.1 Å². The van der Waals surface area contributed by atoms with Crippen LogP contribution in [0.2, 0.25) is 0 Å². The average molecular weight is 449 g/mol. The van der Waals surface area contributed by atoms with E-state index in [1.807, 2.05) is 55.1 Å². The normalized spacial score (nSPS) is 16.0. The lowest BCUT2D eigenvalue weighted by atomic mass is 10.0. The van der Waals surface area contributed by atoms with E-state index < -0.39 is 6.10 Å². The molecule has 0 aliphatic carbocycles. The third-order valence-corrected chi connectivity index (χ3v) is 5.41. The molecule has 0 bridgehead atoms. The molecule has 1 fully saturated rings. The van der Waals surface area contributed by atoms with Crippen LogP contribution in [0, 0.1) is 0 Å². The second kappa shape index (κ2) is 10.5. The number of morpholine rings is 1. The summed E-state index contributed by atoms with van der Waals surface area (Å²) >= 11 is 0. The Morgan fingerprint density at radius 2 is 1.94 bits per heavy atom. The van der Waals surface area contributed by atoms with Crippen LogP contribution in [-0.4, -0.2) is 71.1 Å². The first kappa shape index (κ1) is 22.8. The van der Waals surface area contributed by atoms with Gasteiger partial charge in [-0.1, -0.05) is 12.1 Å². The topological polar surface area (TPSA) is 93.6 Å². The van der Waals surface area contributed by atoms with Crippen molar-refractivity contribution >= 4 is 11.9 Å². The molecule has 1 unspecified atom stereocenters. The molecular formula is C24H28N6O3. The van der Waals surface area contributed by atoms with Crippen LogP contribution in [0.5, 0.6) is 0 Å². The van der Waals surface area contributed by atoms with Gasteiger partial charge in [-0.05, 0) is 24.6 Å². The molecule has 1 aliphatic rings. The molecule has 1 amide bonds. The van der Waals surface area contributed by atoms with Crippen LogP contribution in [0.15, 0.2) is 49.2 Å². The number of carbonyl (C=O) groups is 1. The molecule has 4 rings (SSSR count). The maximum atomic E-state index is 13.2. The SMILES string of the molecule is CCOCc1ccc(C(=O)N2CCOC(c3nc(N(C)C)ncc3-c3cncnc3)C2)cc1. The summed E-state index contributed by atoms with van der Waals surface area (Å²) in [7, 11) is 3.77. The molecule has 2 aromatic heterocycles. The fraction of sp³-hybridized carbons (Fsp3) is 0.375. The smallest absolute Gasteiger partial charge is 0.254 e. The quantitative estimate of drug-likeness (QED) is 0.545. The van der Waals surface area contributed by atoms with Crippen LogP contribution in [0.3, 0.4) is 0 Å². The molecule has 9 heteroatoms. The fourth-order valence-corrected chi connectivity index (χ4v) is 3.65. The van der Waals surface area contributed by atoms with Crippen molar-refractivity contribution in [2.45, 2.75) is 19.6 Å². The highest BCUT2D eigenvalue weighted by Crippen LogP contribution is 2.31. The van der Waals surface area contributed by atoms with E-state index in [-0.39, 0.29) is 5.91 Å². The predicted octanol–water partition coefficient (Wildman–Crippen LogP) is 2.75. The fourth-order valence-electron chi connectivity index (χ4n) is 3.65. The Bertz CT molecular complexity index is 1080. The minimum atomic E-state index is -0.392. The number of nitrogens with zero attached hydrogens (tertiary/aromatic N) is 6. The third kappa shape index (κ3) is 5.32. The van der Waals surface area contributed by atoms with Gasteiger partial charge in [0.05, 0.1) is 25.5 Å². The number of anilines is 1. The summed E-state index contributed by atoms with van der Waals surface area (Å²) in [6, 6.07) is 7.57. The Kier molecular flexibility index (Phi) is 7.21. The lowest BCUT2D eigenvalue weighted by molar-refractivity contribution is -0.0244. The molecule has 33 heavy (non-hydrogen) atoms. The molecule has 0 radical (unpaired) electrons. The Labute approximate surface area is 193 Å². The van der Waals surface area contributed by atoms with Crippen LogP contribution < -0.4 is 4.90 Å². The highest BCUT2D eigenvalue weighted by Gasteiger charge is 2.29. The van der Waals surface area contributed by atoms with E-state index in [9.17, 15) is 4.79 Å². The summed E-state index contributed by atoms with van der Waals surface area (Å²) in [5, 5.41) is 0. The summed E-state index contributed by atoms with van der Waals surface area (Å²) in [5.74, 6) is 0.542. The number of ether oxygens (including phenoxy) is 2. The van der Waals surface area contributed by atoms with Gasteiger partial charge in [-0.15, -0.1) is 0 Å². The van der Waals surface area contributed by atoms with Gasteiger partial charge in [0.25, 0.3) is 5.91 Å². The molecule has 1 aliphatic heterocycles. The zero-order chi connectivity index (χ0) is 23.2. The number of rotatable bonds is 7. The molecule has 1 aromatic carbocycles. The molecule has 9 nitrogen and oxygen atoms in total. The van der Waals surface area contributed by atoms with Crippen LogP contribution in [0.1, 0.15) is 34.6 Å². The molecule has 0 spiro atoms. The van der Waals surface area contributed by atoms with Crippen molar-refractivity contribution in [1.29, 1.82) is 0 Å². The molecule has 3 aromatic rings. The van der Waals surface area contributed by atoms with E-state index in [1.165, 1.54) is 6.33 Å². The van der Waals surface area contributed by atoms with Crippen LogP contribution in [0.25, 0.3) is 11.1 Å². The highest BCUT2D eigenvalue weighted by molar-refractivity contribution is 5.94. The second-order valence-electron chi connectivity index (χ2n) is 7.94. The van der Waals surface area contributed by atoms with Crippen molar-refractivity contribution in [2.24, 2.45) is 0 Å². The van der Waals surface area contributed by atoms with Crippen molar-refractivity contribution in [3.05, 3.63) is 66.0 Å². The lowest BCUT2D eigenvalue weighted by Crippen LogP contribution is -2.42. The van der Waals surface area contributed by atoms with Crippen molar-refractivity contribution in [1.82, 2.24) is 24.8 Å². The molecule has 1 atom stereocenters. The van der Waals surface area contributed by atoms with Crippen molar-refractivity contribution in [2.75, 3.05) is 45.3 Å². The van der Waals surface area contributed by atoms with Gasteiger partial charge in [-0.25, -0.2) is 19.9 Å². The van der Waals surface area contributed by atoms with Gasteiger partial charge in [-0.2, -0.15) is 0 Å². The first-order chi connectivity index (χ1) is 16.1. The van der Waals surface area contributed by atoms with Gasteiger partial charge >= 0.3 is 0 Å². The monoisotopic (exact) mass is 448 g/mol. The summed E-state index contributed by atoms with van der Waals surface area (Å²) in [5.41, 5.74) is 3.99. The number of hydrogen-bond donors (Lipinski definition) is 0. The zero-order valence-electron chi connectivity index (χ0n) is 19.1. The Morgan fingerprint density at radius 3 is 2.64 bits per heavy atom. The van der Waals surface area contributed by atoms with Gasteiger partial charge in [0.15, 0.2) is 0 Å². The van der Waals surface area contributed by atoms with Gasteiger partial charge in [0, 0.05) is 62.5 Å². The minimum absolute atomic E-state index is 0.0299. The highest BCUT2D eigenvalue weighted by atomic mass is 16.5. The van der Waals surface area contributed by atoms with E-state index in [4.69, 9.17) is 14.5 Å². The predicted molar refractivity (Wildman–Crippen MR) is 124 cm³/mol. The zero-order valence-corrected chi connectivity index (χ0v) is 19.1. The molecule has 3 heterocycles. The van der Waals surface area contributed by atoms with Crippen LogP contribution in [-0.2, 0) is 16.1 Å². The summed E-state index contributed by atoms with van der Waals surface area (Å²) in [6.45, 7) is 4.49. The van der Waals surface area contributed by atoms with Gasteiger partial charge in [0.1, 0.15) is 12.4 Å².